The van der Waals surface area contributed by atoms with Crippen LogP contribution in [0.5, 0.6) is 0 Å². The standard InChI is InChI=1S/C23H25N3OS/c27-22(12-11-17-6-2-1-3-7-17)25-20-10-4-8-18(14-20)21-16-28-23(26-21)19-9-5-13-24-15-19/h4-5,8-10,13-17H,1-3,6-7,11-12H2,(H,25,27). The number of aromatic nitrogens is 2. The highest BCUT2D eigenvalue weighted by atomic mass is 32.1. The van der Waals surface area contributed by atoms with E-state index in [2.05, 4.69) is 10.3 Å². The number of amides is 1. The van der Waals surface area contributed by atoms with E-state index in [1.807, 2.05) is 48.0 Å². The monoisotopic (exact) mass is 391 g/mol. The van der Waals surface area contributed by atoms with Gasteiger partial charge in [0, 0.05) is 41.0 Å². The normalized spacial score (nSPS) is 14.7. The van der Waals surface area contributed by atoms with E-state index in [4.69, 9.17) is 4.98 Å². The van der Waals surface area contributed by atoms with Crippen molar-refractivity contribution in [1.82, 2.24) is 9.97 Å². The van der Waals surface area contributed by atoms with E-state index in [1.54, 1.807) is 17.5 Å². The molecule has 0 spiro atoms. The zero-order valence-corrected chi connectivity index (χ0v) is 16.8. The van der Waals surface area contributed by atoms with Gasteiger partial charge in [0.15, 0.2) is 0 Å². The molecule has 1 N–H and O–H groups in total. The summed E-state index contributed by atoms with van der Waals surface area (Å²) in [6, 6.07) is 11.9. The van der Waals surface area contributed by atoms with Crippen LogP contribution < -0.4 is 5.32 Å². The van der Waals surface area contributed by atoms with Gasteiger partial charge in [0.2, 0.25) is 5.91 Å². The molecule has 1 saturated carbocycles. The Balaban J connectivity index is 1.39. The van der Waals surface area contributed by atoms with Gasteiger partial charge < -0.3 is 5.32 Å². The molecule has 0 saturated heterocycles. The van der Waals surface area contributed by atoms with Crippen LogP contribution in [0.4, 0.5) is 5.69 Å². The van der Waals surface area contributed by atoms with Gasteiger partial charge in [-0.25, -0.2) is 4.98 Å². The molecule has 0 radical (unpaired) electrons. The van der Waals surface area contributed by atoms with Crippen molar-refractivity contribution in [2.45, 2.75) is 44.9 Å². The topological polar surface area (TPSA) is 54.9 Å². The number of nitrogens with one attached hydrogen (secondary N) is 1. The molecule has 2 heterocycles. The molecule has 0 unspecified atom stereocenters. The highest BCUT2D eigenvalue weighted by Gasteiger charge is 2.15. The summed E-state index contributed by atoms with van der Waals surface area (Å²) in [5.74, 6) is 0.837. The average Bonchev–Trinajstić information content (AvgIpc) is 3.24. The molecule has 0 bridgehead atoms. The number of thiazole rings is 1. The predicted molar refractivity (Wildman–Crippen MR) is 115 cm³/mol. The predicted octanol–water partition coefficient (Wildman–Crippen LogP) is 6.17. The maximum Gasteiger partial charge on any atom is 0.224 e. The first-order valence-electron chi connectivity index (χ1n) is 10.0. The summed E-state index contributed by atoms with van der Waals surface area (Å²) in [5.41, 5.74) is 3.78. The first-order chi connectivity index (χ1) is 13.8. The van der Waals surface area contributed by atoms with Crippen LogP contribution in [0.25, 0.3) is 21.8 Å². The largest absolute Gasteiger partial charge is 0.326 e. The highest BCUT2D eigenvalue weighted by Crippen LogP contribution is 2.30. The van der Waals surface area contributed by atoms with Crippen LogP contribution in [0.1, 0.15) is 44.9 Å². The Morgan fingerprint density at radius 3 is 2.79 bits per heavy atom. The van der Waals surface area contributed by atoms with Crippen LogP contribution in [0.15, 0.2) is 54.2 Å². The second-order valence-corrected chi connectivity index (χ2v) is 8.31. The molecule has 1 fully saturated rings. The minimum atomic E-state index is 0.108. The lowest BCUT2D eigenvalue weighted by molar-refractivity contribution is -0.116. The Morgan fingerprint density at radius 2 is 1.96 bits per heavy atom. The average molecular weight is 392 g/mol. The number of benzene rings is 1. The molecule has 4 nitrogen and oxygen atoms in total. The molecule has 0 aliphatic heterocycles. The quantitative estimate of drug-likeness (QED) is 0.546. The van der Waals surface area contributed by atoms with Gasteiger partial charge in [0.05, 0.1) is 5.69 Å². The number of rotatable bonds is 6. The van der Waals surface area contributed by atoms with Crippen LogP contribution in [-0.2, 0) is 4.79 Å². The Hall–Kier alpha value is -2.53. The summed E-state index contributed by atoms with van der Waals surface area (Å²) in [6.07, 6.45) is 11.8. The van der Waals surface area contributed by atoms with Gasteiger partial charge in [0.25, 0.3) is 0 Å². The van der Waals surface area contributed by atoms with E-state index >= 15 is 0 Å². The van der Waals surface area contributed by atoms with Crippen molar-refractivity contribution in [2.75, 3.05) is 5.32 Å². The Labute approximate surface area is 170 Å². The van der Waals surface area contributed by atoms with Crippen LogP contribution in [0.2, 0.25) is 0 Å². The molecule has 2 aromatic heterocycles. The fraction of sp³-hybridized carbons (Fsp3) is 0.348. The molecule has 1 amide bonds. The Bertz CT molecular complexity index is 916. The second-order valence-electron chi connectivity index (χ2n) is 7.45. The molecule has 3 aromatic rings. The third-order valence-electron chi connectivity index (χ3n) is 5.36. The van der Waals surface area contributed by atoms with Crippen molar-refractivity contribution < 1.29 is 4.79 Å². The van der Waals surface area contributed by atoms with Gasteiger partial charge >= 0.3 is 0 Å². The summed E-state index contributed by atoms with van der Waals surface area (Å²) in [7, 11) is 0. The van der Waals surface area contributed by atoms with Crippen molar-refractivity contribution in [3.05, 3.63) is 54.2 Å². The van der Waals surface area contributed by atoms with E-state index in [-0.39, 0.29) is 5.91 Å². The maximum absolute atomic E-state index is 12.4. The third-order valence-corrected chi connectivity index (χ3v) is 6.25. The first-order valence-corrected chi connectivity index (χ1v) is 10.9. The number of carbonyl (C=O) groups excluding carboxylic acids is 1. The first kappa shape index (κ1) is 18.8. The van der Waals surface area contributed by atoms with E-state index in [9.17, 15) is 4.79 Å². The van der Waals surface area contributed by atoms with Gasteiger partial charge in [-0.05, 0) is 36.6 Å². The molecule has 4 rings (SSSR count). The fourth-order valence-electron chi connectivity index (χ4n) is 3.82. The summed E-state index contributed by atoms with van der Waals surface area (Å²) < 4.78 is 0. The van der Waals surface area contributed by atoms with Crippen molar-refractivity contribution >= 4 is 22.9 Å². The maximum atomic E-state index is 12.4. The zero-order chi connectivity index (χ0) is 19.2. The van der Waals surface area contributed by atoms with Crippen LogP contribution in [-0.4, -0.2) is 15.9 Å². The number of hydrogen-bond donors (Lipinski definition) is 1. The molecule has 1 aromatic carbocycles. The minimum absolute atomic E-state index is 0.108. The Morgan fingerprint density at radius 1 is 1.11 bits per heavy atom. The Kier molecular flexibility index (Phi) is 6.12. The molecule has 0 atom stereocenters. The van der Waals surface area contributed by atoms with E-state index in [1.165, 1.54) is 32.1 Å². The third kappa shape index (κ3) is 4.84. The summed E-state index contributed by atoms with van der Waals surface area (Å²) in [5, 5.41) is 6.05. The van der Waals surface area contributed by atoms with Crippen LogP contribution >= 0.6 is 11.3 Å². The second kappa shape index (κ2) is 9.11. The zero-order valence-electron chi connectivity index (χ0n) is 15.9. The fourth-order valence-corrected chi connectivity index (χ4v) is 4.64. The van der Waals surface area contributed by atoms with Crippen molar-refractivity contribution in [2.24, 2.45) is 5.92 Å². The molecule has 5 heteroatoms. The molecule has 1 aliphatic carbocycles. The van der Waals surface area contributed by atoms with Crippen LogP contribution in [0, 0.1) is 5.92 Å². The van der Waals surface area contributed by atoms with Gasteiger partial charge in [-0.2, -0.15) is 0 Å². The van der Waals surface area contributed by atoms with Gasteiger partial charge in [-0.3, -0.25) is 9.78 Å². The lowest BCUT2D eigenvalue weighted by Crippen LogP contribution is -2.14. The summed E-state index contributed by atoms with van der Waals surface area (Å²) in [6.45, 7) is 0. The lowest BCUT2D eigenvalue weighted by Gasteiger charge is -2.21. The summed E-state index contributed by atoms with van der Waals surface area (Å²) in [4.78, 5) is 21.3. The van der Waals surface area contributed by atoms with Crippen LogP contribution in [0.3, 0.4) is 0 Å². The van der Waals surface area contributed by atoms with E-state index in [0.717, 1.165) is 39.9 Å². The molecule has 1 aliphatic rings. The lowest BCUT2D eigenvalue weighted by atomic mass is 9.86. The van der Waals surface area contributed by atoms with E-state index < -0.39 is 0 Å². The van der Waals surface area contributed by atoms with Gasteiger partial charge in [0.1, 0.15) is 5.01 Å². The van der Waals surface area contributed by atoms with E-state index in [0.29, 0.717) is 6.42 Å². The van der Waals surface area contributed by atoms with Gasteiger partial charge in [-0.15, -0.1) is 11.3 Å². The van der Waals surface area contributed by atoms with Gasteiger partial charge in [-0.1, -0.05) is 44.2 Å². The molecular weight excluding hydrogens is 366 g/mol. The summed E-state index contributed by atoms with van der Waals surface area (Å²) >= 11 is 1.60. The minimum Gasteiger partial charge on any atom is -0.326 e. The molecule has 28 heavy (non-hydrogen) atoms. The smallest absolute Gasteiger partial charge is 0.224 e. The SMILES string of the molecule is O=C(CCC1CCCCC1)Nc1cccc(-c2csc(-c3cccnc3)n2)c1. The molecule has 144 valence electrons. The van der Waals surface area contributed by atoms with Crippen molar-refractivity contribution in [3.8, 4) is 21.8 Å². The van der Waals surface area contributed by atoms with Crippen molar-refractivity contribution in [3.63, 3.8) is 0 Å². The van der Waals surface area contributed by atoms with Crippen molar-refractivity contribution in [1.29, 1.82) is 0 Å². The number of pyridine rings is 1. The number of carbonyl (C=O) groups is 1. The number of nitrogens with zero attached hydrogens (tertiary/aromatic N) is 2. The molecular formula is C23H25N3OS. The number of hydrogen-bond acceptors (Lipinski definition) is 4. The highest BCUT2D eigenvalue weighted by molar-refractivity contribution is 7.13. The number of anilines is 1.